The lowest BCUT2D eigenvalue weighted by atomic mass is 10.1. The van der Waals surface area contributed by atoms with Crippen molar-refractivity contribution < 1.29 is 21.6 Å². The van der Waals surface area contributed by atoms with E-state index in [0.717, 1.165) is 0 Å². The minimum absolute atomic E-state index is 0.0470. The van der Waals surface area contributed by atoms with Crippen LogP contribution >= 0.6 is 0 Å². The van der Waals surface area contributed by atoms with Crippen LogP contribution in [0.4, 0.5) is 13.2 Å². The molecule has 1 aliphatic rings. The van der Waals surface area contributed by atoms with E-state index in [1.807, 2.05) is 0 Å². The molecule has 1 heterocycles. The zero-order valence-electron chi connectivity index (χ0n) is 7.95. The number of allylic oxidation sites excluding steroid dienone is 1. The fourth-order valence-electron chi connectivity index (χ4n) is 1.65. The molecule has 0 atom stereocenters. The van der Waals surface area contributed by atoms with Gasteiger partial charge in [0.1, 0.15) is 0 Å². The maximum atomic E-state index is 12.2. The van der Waals surface area contributed by atoms with E-state index in [1.54, 1.807) is 0 Å². The van der Waals surface area contributed by atoms with Gasteiger partial charge in [0.25, 0.3) is 0 Å². The Balaban J connectivity index is 2.52. The first-order valence-corrected chi connectivity index (χ1v) is 5.96. The fourth-order valence-corrected chi connectivity index (χ4v) is 3.13. The molecule has 86 valence electrons. The summed E-state index contributed by atoms with van der Waals surface area (Å²) in [7, 11) is -3.69. The van der Waals surface area contributed by atoms with Crippen LogP contribution in [0.2, 0.25) is 0 Å². The lowest BCUT2D eigenvalue weighted by Crippen LogP contribution is -2.07. The van der Waals surface area contributed by atoms with E-state index in [9.17, 15) is 21.6 Å². The second-order valence-electron chi connectivity index (χ2n) is 3.48. The fraction of sp³-hybridized carbons (Fsp3) is 0.200. The molecule has 0 amide bonds. The van der Waals surface area contributed by atoms with Gasteiger partial charge in [-0.25, -0.2) is 8.42 Å². The van der Waals surface area contributed by atoms with Crippen molar-refractivity contribution in [1.29, 1.82) is 0 Å². The summed E-state index contributed by atoms with van der Waals surface area (Å²) in [5, 5.41) is 0.700. The van der Waals surface area contributed by atoms with Crippen LogP contribution in [0.3, 0.4) is 0 Å². The van der Waals surface area contributed by atoms with Crippen LogP contribution in [-0.2, 0) is 9.84 Å². The molecule has 1 aliphatic heterocycles. The lowest BCUT2D eigenvalue weighted by molar-refractivity contribution is -0.122. The van der Waals surface area contributed by atoms with Crippen LogP contribution in [0.5, 0.6) is 0 Å². The maximum Gasteiger partial charge on any atom is 0.393 e. The zero-order valence-corrected chi connectivity index (χ0v) is 8.77. The highest BCUT2D eigenvalue weighted by Gasteiger charge is 2.35. The number of sulfone groups is 1. The molecule has 1 aromatic carbocycles. The summed E-state index contributed by atoms with van der Waals surface area (Å²) in [5.41, 5.74) is -0.0390. The first-order valence-electron chi connectivity index (χ1n) is 4.41. The van der Waals surface area contributed by atoms with Gasteiger partial charge >= 0.3 is 6.18 Å². The van der Waals surface area contributed by atoms with E-state index in [-0.39, 0.29) is 16.0 Å². The Labute approximate surface area is 90.3 Å². The Morgan fingerprint density at radius 1 is 1.12 bits per heavy atom. The van der Waals surface area contributed by atoms with Crippen molar-refractivity contribution in [3.63, 3.8) is 0 Å². The minimum atomic E-state index is -4.40. The number of fused-ring (bicyclic) bond motifs is 1. The Morgan fingerprint density at radius 2 is 1.75 bits per heavy atom. The average molecular weight is 248 g/mol. The summed E-state index contributed by atoms with van der Waals surface area (Å²) in [6.45, 7) is 0. The van der Waals surface area contributed by atoms with E-state index < -0.39 is 22.4 Å². The van der Waals surface area contributed by atoms with E-state index in [2.05, 4.69) is 0 Å². The zero-order chi connectivity index (χ0) is 12.0. The molecule has 0 saturated carbocycles. The van der Waals surface area contributed by atoms with Gasteiger partial charge in [0.05, 0.1) is 11.3 Å². The van der Waals surface area contributed by atoms with Gasteiger partial charge in [0, 0.05) is 5.41 Å². The molecular weight excluding hydrogens is 241 g/mol. The standard InChI is InChI=1S/C10H7F3O2S/c11-10(12,13)5-7-6-16(14,15)9-4-2-1-3-8(7)9/h1-4,6H,5H2. The van der Waals surface area contributed by atoms with Gasteiger partial charge in [-0.05, 0) is 17.2 Å². The highest BCUT2D eigenvalue weighted by Crippen LogP contribution is 2.39. The molecule has 0 unspecified atom stereocenters. The van der Waals surface area contributed by atoms with Gasteiger partial charge in [-0.3, -0.25) is 0 Å². The van der Waals surface area contributed by atoms with Crippen LogP contribution in [-0.4, -0.2) is 14.6 Å². The first kappa shape index (κ1) is 11.2. The molecule has 6 heteroatoms. The van der Waals surface area contributed by atoms with Gasteiger partial charge < -0.3 is 0 Å². The minimum Gasteiger partial charge on any atom is -0.219 e. The van der Waals surface area contributed by atoms with E-state index in [0.29, 0.717) is 5.41 Å². The Kier molecular flexibility index (Phi) is 2.34. The largest absolute Gasteiger partial charge is 0.393 e. The summed E-state index contributed by atoms with van der Waals surface area (Å²) in [6, 6.07) is 5.70. The molecule has 0 bridgehead atoms. The van der Waals surface area contributed by atoms with Gasteiger partial charge in [-0.2, -0.15) is 13.2 Å². The molecule has 2 nitrogen and oxygen atoms in total. The molecule has 0 N–H and O–H groups in total. The van der Waals surface area contributed by atoms with Crippen LogP contribution < -0.4 is 0 Å². The third-order valence-corrected chi connectivity index (χ3v) is 3.79. The summed E-state index contributed by atoms with van der Waals surface area (Å²) in [5.74, 6) is 0. The quantitative estimate of drug-likeness (QED) is 0.765. The van der Waals surface area contributed by atoms with Gasteiger partial charge in [0.15, 0.2) is 0 Å². The number of hydrogen-bond acceptors (Lipinski definition) is 2. The van der Waals surface area contributed by atoms with E-state index >= 15 is 0 Å². The van der Waals surface area contributed by atoms with Crippen LogP contribution in [0.1, 0.15) is 12.0 Å². The first-order chi connectivity index (χ1) is 7.30. The number of halogens is 3. The predicted molar refractivity (Wildman–Crippen MR) is 52.3 cm³/mol. The molecule has 0 aromatic heterocycles. The average Bonchev–Trinajstić information content (AvgIpc) is 2.37. The summed E-state index contributed by atoms with van der Waals surface area (Å²) >= 11 is 0. The maximum absolute atomic E-state index is 12.2. The summed E-state index contributed by atoms with van der Waals surface area (Å²) in [4.78, 5) is -0.0470. The topological polar surface area (TPSA) is 34.1 Å². The molecule has 0 saturated heterocycles. The number of rotatable bonds is 1. The third-order valence-electron chi connectivity index (χ3n) is 2.23. The molecule has 0 spiro atoms. The highest BCUT2D eigenvalue weighted by atomic mass is 32.2. The van der Waals surface area contributed by atoms with Crippen molar-refractivity contribution in [2.45, 2.75) is 17.5 Å². The van der Waals surface area contributed by atoms with E-state index in [4.69, 9.17) is 0 Å². The highest BCUT2D eigenvalue weighted by molar-refractivity contribution is 7.95. The molecule has 0 fully saturated rings. The summed E-state index contributed by atoms with van der Waals surface area (Å²) < 4.78 is 59.7. The number of hydrogen-bond donors (Lipinski definition) is 0. The smallest absolute Gasteiger partial charge is 0.219 e. The molecule has 1 aromatic rings. The monoisotopic (exact) mass is 248 g/mol. The van der Waals surface area contributed by atoms with Gasteiger partial charge in [0.2, 0.25) is 9.84 Å². The molecule has 16 heavy (non-hydrogen) atoms. The molecule has 0 radical (unpaired) electrons. The Bertz CT molecular complexity index is 556. The lowest BCUT2D eigenvalue weighted by Gasteiger charge is -2.07. The van der Waals surface area contributed by atoms with Gasteiger partial charge in [-0.15, -0.1) is 0 Å². The van der Waals surface area contributed by atoms with Crippen molar-refractivity contribution in [3.8, 4) is 0 Å². The predicted octanol–water partition coefficient (Wildman–Crippen LogP) is 2.77. The van der Waals surface area contributed by atoms with Crippen LogP contribution in [0.25, 0.3) is 5.57 Å². The second-order valence-corrected chi connectivity index (χ2v) is 5.24. The number of benzene rings is 1. The summed E-state index contributed by atoms with van der Waals surface area (Å²) in [6.07, 6.45) is -5.62. The molecular formula is C10H7F3O2S. The van der Waals surface area contributed by atoms with Crippen molar-refractivity contribution in [1.82, 2.24) is 0 Å². The normalized spacial score (nSPS) is 18.1. The SMILES string of the molecule is O=S1(=O)C=C(CC(F)(F)F)c2ccccc21. The van der Waals surface area contributed by atoms with Crippen molar-refractivity contribution in [2.75, 3.05) is 0 Å². The second kappa shape index (κ2) is 3.35. The Hall–Kier alpha value is -1.30. The Morgan fingerprint density at radius 3 is 2.38 bits per heavy atom. The van der Waals surface area contributed by atoms with Gasteiger partial charge in [-0.1, -0.05) is 18.2 Å². The molecule has 0 aliphatic carbocycles. The van der Waals surface area contributed by atoms with Crippen molar-refractivity contribution in [2.24, 2.45) is 0 Å². The number of alkyl halides is 3. The third kappa shape index (κ3) is 1.97. The van der Waals surface area contributed by atoms with Crippen molar-refractivity contribution >= 4 is 15.4 Å². The molecule has 2 rings (SSSR count). The van der Waals surface area contributed by atoms with Crippen molar-refractivity contribution in [3.05, 3.63) is 35.2 Å². The van der Waals surface area contributed by atoms with Crippen LogP contribution in [0.15, 0.2) is 34.6 Å². The van der Waals surface area contributed by atoms with Crippen LogP contribution in [0, 0.1) is 0 Å². The van der Waals surface area contributed by atoms with E-state index in [1.165, 1.54) is 24.3 Å².